The van der Waals surface area contributed by atoms with Gasteiger partial charge in [0.25, 0.3) is 0 Å². The van der Waals surface area contributed by atoms with Gasteiger partial charge in [-0.2, -0.15) is 9.36 Å². The first-order chi connectivity index (χ1) is 11.5. The lowest BCUT2D eigenvalue weighted by molar-refractivity contribution is 0.305. The van der Waals surface area contributed by atoms with Crippen LogP contribution in [0.15, 0.2) is 41.2 Å². The molecular weight excluding hydrogens is 443 g/mol. The van der Waals surface area contributed by atoms with Crippen molar-refractivity contribution in [3.05, 3.63) is 66.6 Å². The summed E-state index contributed by atoms with van der Waals surface area (Å²) < 4.78 is 9.27. The summed E-state index contributed by atoms with van der Waals surface area (Å²) in [6, 6.07) is 11.2. The second kappa shape index (κ2) is 6.94. The summed E-state index contributed by atoms with van der Waals surface area (Å²) in [5.74, 6) is 0.597. The average molecular weight is 457 g/mol. The highest BCUT2D eigenvalue weighted by atomic mass is 127. The van der Waals surface area contributed by atoms with Gasteiger partial charge in [0.15, 0.2) is 0 Å². The number of ether oxygens (including phenoxy) is 1. The Morgan fingerprint density at radius 2 is 2.04 bits per heavy atom. The Morgan fingerprint density at radius 1 is 1.25 bits per heavy atom. The molecule has 0 saturated carbocycles. The van der Waals surface area contributed by atoms with Gasteiger partial charge in [-0.15, -0.1) is 0 Å². The van der Waals surface area contributed by atoms with Crippen molar-refractivity contribution in [1.82, 2.24) is 19.8 Å². The number of hydrogen-bond acceptors (Lipinski definition) is 4. The van der Waals surface area contributed by atoms with E-state index in [1.54, 1.807) is 7.05 Å². The zero-order chi connectivity index (χ0) is 17.3. The fourth-order valence-electron chi connectivity index (χ4n) is 2.23. The molecule has 0 fully saturated rings. The van der Waals surface area contributed by atoms with Crippen LogP contribution < -0.4 is 10.4 Å². The summed E-state index contributed by atoms with van der Waals surface area (Å²) in [5.41, 5.74) is 2.24. The molecule has 0 amide bonds. The van der Waals surface area contributed by atoms with Gasteiger partial charge in [-0.1, -0.05) is 23.7 Å². The topological polar surface area (TPSA) is 61.9 Å². The summed E-state index contributed by atoms with van der Waals surface area (Å²) in [5, 5.41) is 8.22. The van der Waals surface area contributed by atoms with Gasteiger partial charge in [0, 0.05) is 16.2 Å². The molecular formula is C16H14ClIN4O2. The molecule has 3 rings (SSSR count). The van der Waals surface area contributed by atoms with Crippen molar-refractivity contribution < 1.29 is 4.74 Å². The number of halogens is 2. The molecule has 0 aliphatic carbocycles. The van der Waals surface area contributed by atoms with Crippen LogP contribution in [0, 0.1) is 10.5 Å². The second-order valence-electron chi connectivity index (χ2n) is 5.26. The van der Waals surface area contributed by atoms with Crippen LogP contribution in [0.5, 0.6) is 5.75 Å². The first-order valence-corrected chi connectivity index (χ1v) is 8.59. The van der Waals surface area contributed by atoms with Crippen molar-refractivity contribution in [2.24, 2.45) is 7.05 Å². The predicted molar refractivity (Wildman–Crippen MR) is 99.8 cm³/mol. The number of aromatic nitrogens is 4. The van der Waals surface area contributed by atoms with E-state index in [1.165, 1.54) is 9.36 Å². The minimum Gasteiger partial charge on any atom is -0.487 e. The zero-order valence-corrected chi connectivity index (χ0v) is 15.9. The molecule has 0 spiro atoms. The van der Waals surface area contributed by atoms with Crippen LogP contribution in [0.25, 0.3) is 5.69 Å². The number of benzene rings is 2. The highest BCUT2D eigenvalue weighted by molar-refractivity contribution is 14.1. The number of hydrogen-bond donors (Lipinski definition) is 0. The Hall–Kier alpha value is -1.87. The van der Waals surface area contributed by atoms with E-state index in [1.807, 2.05) is 43.3 Å². The quantitative estimate of drug-likeness (QED) is 0.566. The molecule has 8 heteroatoms. The lowest BCUT2D eigenvalue weighted by atomic mass is 10.2. The molecule has 0 atom stereocenters. The first kappa shape index (κ1) is 17.0. The van der Waals surface area contributed by atoms with Crippen molar-refractivity contribution in [3.8, 4) is 11.4 Å². The lowest BCUT2D eigenvalue weighted by Gasteiger charge is -2.13. The fourth-order valence-corrected chi connectivity index (χ4v) is 3.16. The SMILES string of the molecule is Cc1ccc(OCc2c(I)cccc2-n2nnn(C)c2=O)c(Cl)c1. The minimum absolute atomic E-state index is 0.264. The smallest absolute Gasteiger partial charge is 0.368 e. The van der Waals surface area contributed by atoms with Crippen molar-refractivity contribution in [1.29, 1.82) is 0 Å². The lowest BCUT2D eigenvalue weighted by Crippen LogP contribution is -2.23. The Balaban J connectivity index is 1.96. The molecule has 2 aromatic carbocycles. The van der Waals surface area contributed by atoms with E-state index in [4.69, 9.17) is 16.3 Å². The van der Waals surface area contributed by atoms with E-state index in [2.05, 4.69) is 33.0 Å². The maximum absolute atomic E-state index is 12.1. The standard InChI is InChI=1S/C16H14ClIN4O2/c1-10-6-7-15(12(17)8-10)24-9-11-13(18)4-3-5-14(11)22-16(23)21(2)19-20-22/h3-8H,9H2,1-2H3. The van der Waals surface area contributed by atoms with Crippen LogP contribution in [0.3, 0.4) is 0 Å². The maximum atomic E-state index is 12.1. The van der Waals surface area contributed by atoms with Crippen molar-refractivity contribution in [2.45, 2.75) is 13.5 Å². The van der Waals surface area contributed by atoms with Crippen LogP contribution in [0.1, 0.15) is 11.1 Å². The van der Waals surface area contributed by atoms with Crippen LogP contribution >= 0.6 is 34.2 Å². The molecule has 0 radical (unpaired) electrons. The largest absolute Gasteiger partial charge is 0.487 e. The van der Waals surface area contributed by atoms with E-state index in [-0.39, 0.29) is 12.3 Å². The third kappa shape index (κ3) is 3.32. The van der Waals surface area contributed by atoms with Crippen molar-refractivity contribution >= 4 is 34.2 Å². The summed E-state index contributed by atoms with van der Waals surface area (Å²) >= 11 is 8.42. The van der Waals surface area contributed by atoms with E-state index in [9.17, 15) is 4.79 Å². The van der Waals surface area contributed by atoms with E-state index < -0.39 is 0 Å². The summed E-state index contributed by atoms with van der Waals surface area (Å²) in [6.45, 7) is 2.23. The van der Waals surface area contributed by atoms with Gasteiger partial charge in [0.05, 0.1) is 10.7 Å². The van der Waals surface area contributed by atoms with Gasteiger partial charge in [-0.25, -0.2) is 4.79 Å². The normalized spacial score (nSPS) is 10.8. The van der Waals surface area contributed by atoms with Gasteiger partial charge in [-0.05, 0) is 69.8 Å². The molecule has 3 aromatic rings. The van der Waals surface area contributed by atoms with E-state index in [0.29, 0.717) is 16.5 Å². The second-order valence-corrected chi connectivity index (χ2v) is 6.83. The number of tetrazole rings is 1. The minimum atomic E-state index is -0.313. The Kier molecular flexibility index (Phi) is 4.91. The third-order valence-electron chi connectivity index (χ3n) is 3.50. The van der Waals surface area contributed by atoms with Crippen LogP contribution in [0.4, 0.5) is 0 Å². The molecule has 1 heterocycles. The van der Waals surface area contributed by atoms with Gasteiger partial charge >= 0.3 is 5.69 Å². The molecule has 0 unspecified atom stereocenters. The highest BCUT2D eigenvalue weighted by Crippen LogP contribution is 2.27. The van der Waals surface area contributed by atoms with Crippen LogP contribution in [-0.2, 0) is 13.7 Å². The molecule has 0 aliphatic heterocycles. The maximum Gasteiger partial charge on any atom is 0.368 e. The van der Waals surface area contributed by atoms with Gasteiger partial charge in [0.1, 0.15) is 12.4 Å². The highest BCUT2D eigenvalue weighted by Gasteiger charge is 2.14. The van der Waals surface area contributed by atoms with E-state index in [0.717, 1.165) is 14.7 Å². The Labute approximate surface area is 157 Å². The van der Waals surface area contributed by atoms with Crippen LogP contribution in [0.2, 0.25) is 5.02 Å². The van der Waals surface area contributed by atoms with Gasteiger partial charge in [0.2, 0.25) is 0 Å². The van der Waals surface area contributed by atoms with Gasteiger partial charge in [-0.3, -0.25) is 0 Å². The fraction of sp³-hybridized carbons (Fsp3) is 0.188. The first-order valence-electron chi connectivity index (χ1n) is 7.13. The zero-order valence-electron chi connectivity index (χ0n) is 13.0. The summed E-state index contributed by atoms with van der Waals surface area (Å²) in [6.07, 6.45) is 0. The molecule has 124 valence electrons. The van der Waals surface area contributed by atoms with Crippen LogP contribution in [-0.4, -0.2) is 19.8 Å². The number of aryl methyl sites for hydroxylation is 2. The molecule has 0 N–H and O–H groups in total. The van der Waals surface area contributed by atoms with Crippen molar-refractivity contribution in [2.75, 3.05) is 0 Å². The predicted octanol–water partition coefficient (Wildman–Crippen LogP) is 3.11. The number of rotatable bonds is 4. The summed E-state index contributed by atoms with van der Waals surface area (Å²) in [7, 11) is 1.56. The monoisotopic (exact) mass is 456 g/mol. The molecule has 0 bridgehead atoms. The van der Waals surface area contributed by atoms with Crippen molar-refractivity contribution in [3.63, 3.8) is 0 Å². The van der Waals surface area contributed by atoms with Gasteiger partial charge < -0.3 is 4.74 Å². The van der Waals surface area contributed by atoms with E-state index >= 15 is 0 Å². The third-order valence-corrected chi connectivity index (χ3v) is 4.81. The molecule has 0 saturated heterocycles. The molecule has 24 heavy (non-hydrogen) atoms. The molecule has 6 nitrogen and oxygen atoms in total. The number of nitrogens with zero attached hydrogens (tertiary/aromatic N) is 4. The summed E-state index contributed by atoms with van der Waals surface area (Å²) in [4.78, 5) is 12.1. The molecule has 0 aliphatic rings. The Bertz CT molecular complexity index is 951. The Morgan fingerprint density at radius 3 is 2.71 bits per heavy atom. The average Bonchev–Trinajstić information content (AvgIpc) is 2.87. The molecule has 1 aromatic heterocycles.